The van der Waals surface area contributed by atoms with Crippen molar-refractivity contribution in [1.29, 1.82) is 0 Å². The predicted molar refractivity (Wildman–Crippen MR) is 85.2 cm³/mol. The minimum atomic E-state index is -0.285. The monoisotopic (exact) mass is 305 g/mol. The molecule has 0 aliphatic carbocycles. The van der Waals surface area contributed by atoms with E-state index in [9.17, 15) is 9.59 Å². The SMILES string of the molecule is CCCc1nc2c(c(=O)n(CC3CCCN3)c(=O)n2C)n1C. The smallest absolute Gasteiger partial charge is 0.325 e. The van der Waals surface area contributed by atoms with E-state index in [1.54, 1.807) is 7.05 Å². The summed E-state index contributed by atoms with van der Waals surface area (Å²) in [6.07, 6.45) is 3.84. The van der Waals surface area contributed by atoms with Crippen molar-refractivity contribution in [3.05, 3.63) is 26.7 Å². The van der Waals surface area contributed by atoms with Gasteiger partial charge in [0.2, 0.25) is 0 Å². The largest absolute Gasteiger partial charge is 0.332 e. The van der Waals surface area contributed by atoms with Crippen LogP contribution in [0.2, 0.25) is 0 Å². The quantitative estimate of drug-likeness (QED) is 0.872. The number of hydrogen-bond donors (Lipinski definition) is 1. The van der Waals surface area contributed by atoms with Crippen LogP contribution in [0.25, 0.3) is 11.2 Å². The maximum Gasteiger partial charge on any atom is 0.332 e. The summed E-state index contributed by atoms with van der Waals surface area (Å²) in [6.45, 7) is 3.45. The molecule has 2 aromatic heterocycles. The third-order valence-corrected chi connectivity index (χ3v) is 4.49. The predicted octanol–water partition coefficient (Wildman–Crippen LogP) is 0.138. The average Bonchev–Trinajstić information content (AvgIpc) is 3.11. The first-order valence-corrected chi connectivity index (χ1v) is 7.93. The second-order valence-electron chi connectivity index (χ2n) is 6.06. The molecule has 2 aromatic rings. The zero-order chi connectivity index (χ0) is 15.9. The number of aryl methyl sites for hydroxylation is 3. The lowest BCUT2D eigenvalue weighted by Gasteiger charge is -2.13. The van der Waals surface area contributed by atoms with Crippen LogP contribution in [0.1, 0.15) is 32.0 Å². The molecule has 0 bridgehead atoms. The molecule has 1 atom stereocenters. The van der Waals surface area contributed by atoms with E-state index in [4.69, 9.17) is 0 Å². The van der Waals surface area contributed by atoms with Gasteiger partial charge in [-0.1, -0.05) is 6.92 Å². The van der Waals surface area contributed by atoms with Crippen LogP contribution in [-0.2, 0) is 27.1 Å². The highest BCUT2D eigenvalue weighted by Crippen LogP contribution is 2.11. The number of fused-ring (bicyclic) bond motifs is 1. The molecule has 3 rings (SSSR count). The first kappa shape index (κ1) is 15.0. The molecule has 1 unspecified atom stereocenters. The second-order valence-corrected chi connectivity index (χ2v) is 6.06. The minimum absolute atomic E-state index is 0.200. The third kappa shape index (κ3) is 2.29. The summed E-state index contributed by atoms with van der Waals surface area (Å²) in [4.78, 5) is 29.8. The summed E-state index contributed by atoms with van der Waals surface area (Å²) < 4.78 is 4.67. The van der Waals surface area contributed by atoms with Gasteiger partial charge >= 0.3 is 5.69 Å². The van der Waals surface area contributed by atoms with E-state index >= 15 is 0 Å². The number of imidazole rings is 1. The fourth-order valence-corrected chi connectivity index (χ4v) is 3.23. The van der Waals surface area contributed by atoms with Crippen LogP contribution >= 0.6 is 0 Å². The van der Waals surface area contributed by atoms with Crippen LogP contribution in [0.3, 0.4) is 0 Å². The Bertz CT molecular complexity index is 808. The summed E-state index contributed by atoms with van der Waals surface area (Å²) >= 11 is 0. The van der Waals surface area contributed by atoms with E-state index in [1.807, 2.05) is 11.6 Å². The van der Waals surface area contributed by atoms with Crippen LogP contribution in [0.5, 0.6) is 0 Å². The van der Waals surface area contributed by atoms with Crippen molar-refractivity contribution >= 4 is 11.2 Å². The first-order chi connectivity index (χ1) is 10.5. The molecule has 0 radical (unpaired) electrons. The maximum atomic E-state index is 12.8. The van der Waals surface area contributed by atoms with Gasteiger partial charge in [0, 0.05) is 33.1 Å². The maximum absolute atomic E-state index is 12.8. The first-order valence-electron chi connectivity index (χ1n) is 7.93. The Hall–Kier alpha value is -1.89. The molecule has 0 spiro atoms. The van der Waals surface area contributed by atoms with E-state index in [1.165, 1.54) is 9.13 Å². The van der Waals surface area contributed by atoms with E-state index in [0.29, 0.717) is 17.7 Å². The summed E-state index contributed by atoms with van der Waals surface area (Å²) in [7, 11) is 3.54. The average molecular weight is 305 g/mol. The van der Waals surface area contributed by atoms with Crippen molar-refractivity contribution < 1.29 is 0 Å². The molecule has 0 saturated carbocycles. The van der Waals surface area contributed by atoms with Crippen molar-refractivity contribution in [2.45, 2.75) is 45.2 Å². The normalized spacial score (nSPS) is 18.4. The van der Waals surface area contributed by atoms with Gasteiger partial charge in [-0.25, -0.2) is 9.78 Å². The Labute approximate surface area is 128 Å². The van der Waals surface area contributed by atoms with Gasteiger partial charge in [-0.2, -0.15) is 0 Å². The van der Waals surface area contributed by atoms with Crippen LogP contribution < -0.4 is 16.6 Å². The molecule has 0 amide bonds. The zero-order valence-electron chi connectivity index (χ0n) is 13.4. The number of nitrogens with one attached hydrogen (secondary N) is 1. The fraction of sp³-hybridized carbons (Fsp3) is 0.667. The molecule has 1 aliphatic rings. The Morgan fingerprint density at radius 3 is 2.68 bits per heavy atom. The van der Waals surface area contributed by atoms with E-state index in [2.05, 4.69) is 17.2 Å². The number of hydrogen-bond acceptors (Lipinski definition) is 4. The van der Waals surface area contributed by atoms with Gasteiger partial charge in [-0.05, 0) is 25.8 Å². The molecule has 1 fully saturated rings. The van der Waals surface area contributed by atoms with Gasteiger partial charge in [-0.15, -0.1) is 0 Å². The summed E-state index contributed by atoms with van der Waals surface area (Å²) in [5.74, 6) is 0.848. The van der Waals surface area contributed by atoms with Crippen LogP contribution in [0.4, 0.5) is 0 Å². The van der Waals surface area contributed by atoms with Gasteiger partial charge in [0.05, 0.1) is 0 Å². The Kier molecular flexibility index (Phi) is 3.90. The number of nitrogens with zero attached hydrogens (tertiary/aromatic N) is 4. The molecule has 7 nitrogen and oxygen atoms in total. The lowest BCUT2D eigenvalue weighted by molar-refractivity contribution is 0.477. The molecule has 120 valence electrons. The molecule has 0 aromatic carbocycles. The van der Waals surface area contributed by atoms with Gasteiger partial charge in [0.25, 0.3) is 5.56 Å². The summed E-state index contributed by atoms with van der Waals surface area (Å²) in [5, 5.41) is 3.34. The lowest BCUT2D eigenvalue weighted by atomic mass is 10.2. The molecule has 3 heterocycles. The number of rotatable bonds is 4. The van der Waals surface area contributed by atoms with E-state index in [-0.39, 0.29) is 17.3 Å². The third-order valence-electron chi connectivity index (χ3n) is 4.49. The van der Waals surface area contributed by atoms with Crippen molar-refractivity contribution in [2.75, 3.05) is 6.54 Å². The number of aromatic nitrogens is 4. The van der Waals surface area contributed by atoms with Crippen LogP contribution in [0, 0.1) is 0 Å². The Morgan fingerprint density at radius 1 is 1.27 bits per heavy atom. The lowest BCUT2D eigenvalue weighted by Crippen LogP contribution is -2.43. The summed E-state index contributed by atoms with van der Waals surface area (Å²) in [6, 6.07) is 0.200. The summed E-state index contributed by atoms with van der Waals surface area (Å²) in [5.41, 5.74) is 0.483. The van der Waals surface area contributed by atoms with Crippen molar-refractivity contribution in [3.8, 4) is 0 Å². The Morgan fingerprint density at radius 2 is 2.05 bits per heavy atom. The van der Waals surface area contributed by atoms with Crippen molar-refractivity contribution in [3.63, 3.8) is 0 Å². The molecule has 1 saturated heterocycles. The molecule has 1 N–H and O–H groups in total. The van der Waals surface area contributed by atoms with Gasteiger partial charge in [0.15, 0.2) is 11.2 Å². The highest BCUT2D eigenvalue weighted by atomic mass is 16.2. The minimum Gasteiger partial charge on any atom is -0.325 e. The van der Waals surface area contributed by atoms with Crippen LogP contribution in [-0.4, -0.2) is 31.3 Å². The molecular weight excluding hydrogens is 282 g/mol. The molecule has 1 aliphatic heterocycles. The van der Waals surface area contributed by atoms with Crippen molar-refractivity contribution in [1.82, 2.24) is 24.0 Å². The standard InChI is InChI=1S/C15H23N5O2/c1-4-6-11-17-13-12(18(11)2)14(21)20(15(22)19(13)3)9-10-7-5-8-16-10/h10,16H,4-9H2,1-3H3. The molecule has 22 heavy (non-hydrogen) atoms. The van der Waals surface area contributed by atoms with Gasteiger partial charge in [0.1, 0.15) is 5.82 Å². The fourth-order valence-electron chi connectivity index (χ4n) is 3.23. The molecule has 7 heteroatoms. The van der Waals surface area contributed by atoms with Crippen molar-refractivity contribution in [2.24, 2.45) is 14.1 Å². The highest BCUT2D eigenvalue weighted by molar-refractivity contribution is 5.70. The van der Waals surface area contributed by atoms with Crippen LogP contribution in [0.15, 0.2) is 9.59 Å². The highest BCUT2D eigenvalue weighted by Gasteiger charge is 2.21. The van der Waals surface area contributed by atoms with E-state index < -0.39 is 0 Å². The van der Waals surface area contributed by atoms with E-state index in [0.717, 1.165) is 38.1 Å². The topological polar surface area (TPSA) is 73.8 Å². The second kappa shape index (κ2) is 5.72. The van der Waals surface area contributed by atoms with Gasteiger partial charge < -0.3 is 9.88 Å². The Balaban J connectivity index is 2.19. The zero-order valence-corrected chi connectivity index (χ0v) is 13.4. The van der Waals surface area contributed by atoms with Gasteiger partial charge in [-0.3, -0.25) is 13.9 Å². The molecular formula is C15H23N5O2.